The van der Waals surface area contributed by atoms with Gasteiger partial charge in [0.2, 0.25) is 5.91 Å². The highest BCUT2D eigenvalue weighted by molar-refractivity contribution is 5.95. The minimum absolute atomic E-state index is 0.125. The zero-order valence-electron chi connectivity index (χ0n) is 17.3. The predicted octanol–water partition coefficient (Wildman–Crippen LogP) is 1.82. The van der Waals surface area contributed by atoms with Gasteiger partial charge in [-0.15, -0.1) is 0 Å². The number of carbonyl (C=O) groups excluding carboxylic acids is 3. The van der Waals surface area contributed by atoms with E-state index in [4.69, 9.17) is 0 Å². The number of anilines is 3. The number of nitrogens with one attached hydrogen (secondary N) is 4. The molecule has 2 aromatic carbocycles. The van der Waals surface area contributed by atoms with E-state index in [0.717, 1.165) is 16.2 Å². The molecular formula is C22H29N4O3+. The van der Waals surface area contributed by atoms with Gasteiger partial charge in [-0.05, 0) is 62.7 Å². The number of carbonyl (C=O) groups is 3. The molecule has 3 amide bonds. The second-order valence-electron chi connectivity index (χ2n) is 7.08. The molecule has 0 spiro atoms. The van der Waals surface area contributed by atoms with Crippen LogP contribution in [-0.4, -0.2) is 36.9 Å². The lowest BCUT2D eigenvalue weighted by Gasteiger charge is -2.23. The fourth-order valence-electron chi connectivity index (χ4n) is 2.99. The lowest BCUT2D eigenvalue weighted by atomic mass is 10.2. The fraction of sp³-hybridized carbons (Fsp3) is 0.318. The summed E-state index contributed by atoms with van der Waals surface area (Å²) in [5, 5.41) is 8.43. The van der Waals surface area contributed by atoms with Crippen LogP contribution in [0.25, 0.3) is 0 Å². The van der Waals surface area contributed by atoms with Gasteiger partial charge < -0.3 is 20.9 Å². The molecular weight excluding hydrogens is 368 g/mol. The van der Waals surface area contributed by atoms with E-state index >= 15 is 0 Å². The van der Waals surface area contributed by atoms with Gasteiger partial charge in [0.1, 0.15) is 0 Å². The molecule has 0 saturated carbocycles. The standard InChI is InChI=1S/C22H28N4O3/c1-5-26(16(3)22(29)25-20-8-6-7-15(2)13-20)14-21(28)24-19-11-9-18(10-12-19)23-17(4)27/h6-13,16H,5,14H2,1-4H3,(H,23,27)(H,24,28)(H,25,29)/p+1/t16-/m0/s1. The first-order chi connectivity index (χ1) is 13.8. The van der Waals surface area contributed by atoms with Crippen molar-refractivity contribution in [2.75, 3.05) is 29.0 Å². The third kappa shape index (κ3) is 7.04. The van der Waals surface area contributed by atoms with Gasteiger partial charge in [0.05, 0.1) is 6.54 Å². The molecule has 2 rings (SSSR count). The van der Waals surface area contributed by atoms with E-state index in [-0.39, 0.29) is 30.3 Å². The van der Waals surface area contributed by atoms with Crippen molar-refractivity contribution in [1.29, 1.82) is 0 Å². The summed E-state index contributed by atoms with van der Waals surface area (Å²) >= 11 is 0. The smallest absolute Gasteiger partial charge is 0.282 e. The Kier molecular flexibility index (Phi) is 7.91. The van der Waals surface area contributed by atoms with Crippen molar-refractivity contribution in [2.45, 2.75) is 33.7 Å². The summed E-state index contributed by atoms with van der Waals surface area (Å²) in [6.07, 6.45) is 0. The minimum Gasteiger partial charge on any atom is -0.326 e. The summed E-state index contributed by atoms with van der Waals surface area (Å²) in [4.78, 5) is 37.0. The summed E-state index contributed by atoms with van der Waals surface area (Å²) < 4.78 is 0. The quantitative estimate of drug-likeness (QED) is 0.548. The molecule has 0 aliphatic rings. The summed E-state index contributed by atoms with van der Waals surface area (Å²) in [5.41, 5.74) is 3.12. The van der Waals surface area contributed by atoms with Crippen LogP contribution in [0.5, 0.6) is 0 Å². The zero-order valence-corrected chi connectivity index (χ0v) is 17.3. The molecule has 4 N–H and O–H groups in total. The normalized spacial score (nSPS) is 12.6. The highest BCUT2D eigenvalue weighted by atomic mass is 16.2. The van der Waals surface area contributed by atoms with Crippen molar-refractivity contribution < 1.29 is 19.3 Å². The van der Waals surface area contributed by atoms with Gasteiger partial charge in [-0.25, -0.2) is 0 Å². The number of hydrogen-bond donors (Lipinski definition) is 4. The van der Waals surface area contributed by atoms with Crippen LogP contribution in [0.2, 0.25) is 0 Å². The number of amides is 3. The molecule has 0 aromatic heterocycles. The van der Waals surface area contributed by atoms with Crippen molar-refractivity contribution >= 4 is 34.8 Å². The van der Waals surface area contributed by atoms with Crippen molar-refractivity contribution in [3.63, 3.8) is 0 Å². The molecule has 2 atom stereocenters. The Bertz CT molecular complexity index is 865. The fourth-order valence-corrected chi connectivity index (χ4v) is 2.99. The molecule has 0 fully saturated rings. The molecule has 7 nitrogen and oxygen atoms in total. The molecule has 154 valence electrons. The maximum atomic E-state index is 12.6. The first kappa shape index (κ1) is 22.1. The molecule has 7 heteroatoms. The van der Waals surface area contributed by atoms with E-state index in [1.54, 1.807) is 24.3 Å². The van der Waals surface area contributed by atoms with Gasteiger partial charge in [-0.3, -0.25) is 14.4 Å². The van der Waals surface area contributed by atoms with Crippen LogP contribution in [0, 0.1) is 6.92 Å². The number of aryl methyl sites for hydroxylation is 1. The molecule has 2 aromatic rings. The monoisotopic (exact) mass is 397 g/mol. The van der Waals surface area contributed by atoms with Gasteiger partial charge in [-0.1, -0.05) is 12.1 Å². The molecule has 0 aliphatic carbocycles. The summed E-state index contributed by atoms with van der Waals surface area (Å²) in [7, 11) is 0. The highest BCUT2D eigenvalue weighted by Crippen LogP contribution is 2.13. The topological polar surface area (TPSA) is 91.7 Å². The molecule has 1 unspecified atom stereocenters. The van der Waals surface area contributed by atoms with E-state index in [0.29, 0.717) is 17.9 Å². The van der Waals surface area contributed by atoms with E-state index < -0.39 is 0 Å². The zero-order chi connectivity index (χ0) is 21.4. The van der Waals surface area contributed by atoms with E-state index in [2.05, 4.69) is 16.0 Å². The van der Waals surface area contributed by atoms with Gasteiger partial charge >= 0.3 is 0 Å². The second kappa shape index (κ2) is 10.4. The maximum absolute atomic E-state index is 12.6. The third-order valence-electron chi connectivity index (χ3n) is 4.62. The molecule has 0 saturated heterocycles. The van der Waals surface area contributed by atoms with E-state index in [1.807, 2.05) is 45.0 Å². The van der Waals surface area contributed by atoms with Crippen molar-refractivity contribution in [2.24, 2.45) is 0 Å². The maximum Gasteiger partial charge on any atom is 0.282 e. The third-order valence-corrected chi connectivity index (χ3v) is 4.62. The SMILES string of the molecule is CC[NH+](CC(=O)Nc1ccc(NC(C)=O)cc1)[C@@H](C)C(=O)Nc1cccc(C)c1. The summed E-state index contributed by atoms with van der Waals surface area (Å²) in [6.45, 7) is 7.98. The Hall–Kier alpha value is -3.19. The molecule has 29 heavy (non-hydrogen) atoms. The summed E-state index contributed by atoms with van der Waals surface area (Å²) in [5.74, 6) is -0.453. The molecule has 0 bridgehead atoms. The van der Waals surface area contributed by atoms with Crippen molar-refractivity contribution in [1.82, 2.24) is 0 Å². The first-order valence-electron chi connectivity index (χ1n) is 9.68. The Morgan fingerprint density at radius 1 is 0.931 bits per heavy atom. The Morgan fingerprint density at radius 3 is 2.10 bits per heavy atom. The van der Waals surface area contributed by atoms with E-state index in [1.165, 1.54) is 6.92 Å². The average molecular weight is 397 g/mol. The van der Waals surface area contributed by atoms with Crippen molar-refractivity contribution in [3.05, 3.63) is 54.1 Å². The highest BCUT2D eigenvalue weighted by Gasteiger charge is 2.26. The van der Waals surface area contributed by atoms with Crippen LogP contribution in [-0.2, 0) is 14.4 Å². The molecule has 0 radical (unpaired) electrons. The van der Waals surface area contributed by atoms with Gasteiger partial charge in [-0.2, -0.15) is 0 Å². The number of quaternary nitrogens is 1. The van der Waals surface area contributed by atoms with Crippen LogP contribution in [0.4, 0.5) is 17.1 Å². The first-order valence-corrected chi connectivity index (χ1v) is 9.68. The second-order valence-corrected chi connectivity index (χ2v) is 7.08. The predicted molar refractivity (Wildman–Crippen MR) is 115 cm³/mol. The van der Waals surface area contributed by atoms with Gasteiger partial charge in [0.25, 0.3) is 11.8 Å². The Morgan fingerprint density at radius 2 is 1.55 bits per heavy atom. The largest absolute Gasteiger partial charge is 0.326 e. The lowest BCUT2D eigenvalue weighted by Crippen LogP contribution is -3.17. The molecule has 0 aliphatic heterocycles. The number of hydrogen-bond acceptors (Lipinski definition) is 3. The van der Waals surface area contributed by atoms with Crippen LogP contribution < -0.4 is 20.9 Å². The molecule has 0 heterocycles. The summed E-state index contributed by atoms with van der Waals surface area (Å²) in [6, 6.07) is 14.1. The lowest BCUT2D eigenvalue weighted by molar-refractivity contribution is -0.904. The van der Waals surface area contributed by atoms with Crippen LogP contribution in [0.15, 0.2) is 48.5 Å². The van der Waals surface area contributed by atoms with Crippen LogP contribution in [0.1, 0.15) is 26.3 Å². The number of rotatable bonds is 8. The number of benzene rings is 2. The van der Waals surface area contributed by atoms with Crippen LogP contribution in [0.3, 0.4) is 0 Å². The van der Waals surface area contributed by atoms with Gasteiger partial charge in [0.15, 0.2) is 12.6 Å². The Labute approximate surface area is 171 Å². The van der Waals surface area contributed by atoms with Crippen molar-refractivity contribution in [3.8, 4) is 0 Å². The van der Waals surface area contributed by atoms with Gasteiger partial charge in [0, 0.05) is 24.0 Å². The average Bonchev–Trinajstić information content (AvgIpc) is 2.66. The van der Waals surface area contributed by atoms with Crippen LogP contribution >= 0.6 is 0 Å². The van der Waals surface area contributed by atoms with E-state index in [9.17, 15) is 14.4 Å². The number of likely N-dealkylation sites (N-methyl/N-ethyl adjacent to an activating group) is 1. The Balaban J connectivity index is 1.92. The minimum atomic E-state index is -0.381.